The van der Waals surface area contributed by atoms with Gasteiger partial charge >= 0.3 is 6.16 Å². The summed E-state index contributed by atoms with van der Waals surface area (Å²) in [6, 6.07) is 10.4. The Kier molecular flexibility index (Phi) is 8.11. The molecule has 0 radical (unpaired) electrons. The molecular formula is C26H21N3O11S. The number of anilines is 1. The fourth-order valence-electron chi connectivity index (χ4n) is 4.70. The zero-order valence-corrected chi connectivity index (χ0v) is 21.9. The van der Waals surface area contributed by atoms with Crippen molar-refractivity contribution < 1.29 is 53.0 Å². The maximum atomic E-state index is 12.6. The minimum atomic E-state index is -1.24. The summed E-state index contributed by atoms with van der Waals surface area (Å²) in [6.07, 6.45) is 0.804. The van der Waals surface area contributed by atoms with Crippen LogP contribution in [0.5, 0.6) is 0 Å². The number of benzene rings is 2. The molecule has 0 saturated carbocycles. The number of carbonyl (C=O) groups excluding carboxylic acids is 6. The molecule has 5 amide bonds. The van der Waals surface area contributed by atoms with E-state index in [4.69, 9.17) is 14.8 Å². The van der Waals surface area contributed by atoms with E-state index in [9.17, 15) is 28.8 Å². The standard InChI is InChI=1S/C26H21N3O11S/c30-21(9-10-28-22(31)5-6-23(28)32)27-14-1-3-16-17-4-2-15(41-40-39-36)12-19(17)20(18(16)11-14)13-37-26(35)38-29-24(33)7-8-25(29)34/h1-6,11-12,20,36H,7-10,13H2,(H,27,30). The number of hydrogen-bond donors (Lipinski definition) is 2. The van der Waals surface area contributed by atoms with Crippen LogP contribution in [0, 0.1) is 0 Å². The molecule has 212 valence electrons. The van der Waals surface area contributed by atoms with Gasteiger partial charge in [0.2, 0.25) is 5.91 Å². The van der Waals surface area contributed by atoms with Crippen LogP contribution in [0.4, 0.5) is 10.5 Å². The van der Waals surface area contributed by atoms with Gasteiger partial charge in [0.05, 0.1) is 12.0 Å². The Bertz CT molecular complexity index is 1460. The van der Waals surface area contributed by atoms with Gasteiger partial charge in [0.15, 0.2) is 0 Å². The van der Waals surface area contributed by atoms with Crippen molar-refractivity contribution in [3.8, 4) is 11.1 Å². The number of imide groups is 2. The summed E-state index contributed by atoms with van der Waals surface area (Å²) in [5, 5.41) is 15.3. The summed E-state index contributed by atoms with van der Waals surface area (Å²) < 4.78 is 9.80. The quantitative estimate of drug-likeness (QED) is 0.138. The molecule has 1 aliphatic carbocycles. The van der Waals surface area contributed by atoms with Gasteiger partial charge in [-0.05, 0) is 46.5 Å². The lowest BCUT2D eigenvalue weighted by atomic mass is 9.97. The summed E-state index contributed by atoms with van der Waals surface area (Å²) in [6.45, 7) is -0.322. The molecule has 2 aromatic carbocycles. The van der Waals surface area contributed by atoms with Crippen molar-refractivity contribution >= 4 is 53.4 Å². The summed E-state index contributed by atoms with van der Waals surface area (Å²) in [7, 11) is 0. The monoisotopic (exact) mass is 583 g/mol. The Morgan fingerprint density at radius 2 is 1.61 bits per heavy atom. The first-order valence-electron chi connectivity index (χ1n) is 12.2. The smallest absolute Gasteiger partial charge is 0.432 e. The predicted octanol–water partition coefficient (Wildman–Crippen LogP) is 2.70. The number of nitrogens with one attached hydrogen (secondary N) is 1. The van der Waals surface area contributed by atoms with Crippen LogP contribution in [0.2, 0.25) is 0 Å². The lowest BCUT2D eigenvalue weighted by Crippen LogP contribution is -2.33. The SMILES string of the molecule is O=C(CCN1C(=O)C=CC1=O)Nc1ccc2c(c1)C(COC(=O)ON1C(=O)CCC1=O)c1cc(SOOO)ccc1-2. The molecule has 2 N–H and O–H groups in total. The van der Waals surface area contributed by atoms with Crippen molar-refractivity contribution in [1.82, 2.24) is 9.96 Å². The summed E-state index contributed by atoms with van der Waals surface area (Å²) in [5.74, 6) is -3.24. The number of rotatable bonds is 10. The Balaban J connectivity index is 1.32. The van der Waals surface area contributed by atoms with Crippen molar-refractivity contribution in [2.45, 2.75) is 30.1 Å². The Hall–Kier alpha value is -4.57. The summed E-state index contributed by atoms with van der Waals surface area (Å²) >= 11 is 0.741. The molecule has 2 aromatic rings. The molecule has 1 atom stereocenters. The fraction of sp³-hybridized carbons (Fsp3) is 0.231. The number of hydroxylamine groups is 2. The average Bonchev–Trinajstić information content (AvgIpc) is 3.56. The first-order chi connectivity index (χ1) is 19.7. The molecule has 5 rings (SSSR count). The third kappa shape index (κ3) is 5.97. The van der Waals surface area contributed by atoms with Crippen LogP contribution in [0.15, 0.2) is 53.4 Å². The van der Waals surface area contributed by atoms with E-state index in [1.54, 1.807) is 36.4 Å². The molecule has 2 heterocycles. The van der Waals surface area contributed by atoms with Gasteiger partial charge in [-0.1, -0.05) is 22.2 Å². The molecule has 3 aliphatic rings. The number of fused-ring (bicyclic) bond motifs is 3. The lowest BCUT2D eigenvalue weighted by molar-refractivity contribution is -0.432. The minimum absolute atomic E-state index is 0.0639. The molecule has 1 unspecified atom stereocenters. The van der Waals surface area contributed by atoms with Gasteiger partial charge in [-0.15, -0.1) is 4.33 Å². The third-order valence-corrected chi connectivity index (χ3v) is 7.14. The molecular weight excluding hydrogens is 562 g/mol. The van der Waals surface area contributed by atoms with Gasteiger partial charge in [0.1, 0.15) is 6.61 Å². The first-order valence-corrected chi connectivity index (χ1v) is 13.0. The maximum absolute atomic E-state index is 12.6. The lowest BCUT2D eigenvalue weighted by Gasteiger charge is -2.17. The molecule has 2 aliphatic heterocycles. The Morgan fingerprint density at radius 3 is 2.29 bits per heavy atom. The van der Waals surface area contributed by atoms with E-state index in [-0.39, 0.29) is 32.4 Å². The van der Waals surface area contributed by atoms with Crippen LogP contribution < -0.4 is 5.32 Å². The maximum Gasteiger partial charge on any atom is 0.533 e. The second-order valence-corrected chi connectivity index (χ2v) is 9.80. The Morgan fingerprint density at radius 1 is 0.951 bits per heavy atom. The van der Waals surface area contributed by atoms with E-state index in [0.29, 0.717) is 21.2 Å². The van der Waals surface area contributed by atoms with E-state index in [2.05, 4.69) is 14.7 Å². The van der Waals surface area contributed by atoms with E-state index >= 15 is 0 Å². The first kappa shape index (κ1) is 28.0. The largest absolute Gasteiger partial charge is 0.533 e. The minimum Gasteiger partial charge on any atom is -0.432 e. The highest BCUT2D eigenvalue weighted by molar-refractivity contribution is 7.94. The van der Waals surface area contributed by atoms with E-state index in [1.807, 2.05) is 0 Å². The van der Waals surface area contributed by atoms with E-state index in [0.717, 1.165) is 45.8 Å². The van der Waals surface area contributed by atoms with Crippen LogP contribution in [0.1, 0.15) is 36.3 Å². The van der Waals surface area contributed by atoms with Gasteiger partial charge < -0.3 is 10.1 Å². The van der Waals surface area contributed by atoms with Gasteiger partial charge in [-0.3, -0.25) is 33.7 Å². The van der Waals surface area contributed by atoms with Crippen LogP contribution in [-0.4, -0.2) is 64.1 Å². The Labute approximate surface area is 235 Å². The molecule has 41 heavy (non-hydrogen) atoms. The third-order valence-electron chi connectivity index (χ3n) is 6.56. The zero-order chi connectivity index (χ0) is 29.1. The van der Waals surface area contributed by atoms with Crippen LogP contribution in [0.3, 0.4) is 0 Å². The van der Waals surface area contributed by atoms with Crippen LogP contribution in [-0.2, 0) is 42.9 Å². The zero-order valence-electron chi connectivity index (χ0n) is 21.1. The van der Waals surface area contributed by atoms with E-state index in [1.165, 1.54) is 0 Å². The number of nitrogens with zero attached hydrogens (tertiary/aromatic N) is 2. The van der Waals surface area contributed by atoms with Crippen molar-refractivity contribution in [3.63, 3.8) is 0 Å². The van der Waals surface area contributed by atoms with Crippen molar-refractivity contribution in [2.24, 2.45) is 0 Å². The molecule has 0 aromatic heterocycles. The number of carbonyl (C=O) groups is 6. The van der Waals surface area contributed by atoms with Crippen molar-refractivity contribution in [3.05, 3.63) is 59.7 Å². The highest BCUT2D eigenvalue weighted by Gasteiger charge is 2.35. The van der Waals surface area contributed by atoms with Crippen LogP contribution in [0.25, 0.3) is 11.1 Å². The number of hydrogen-bond acceptors (Lipinski definition) is 12. The van der Waals surface area contributed by atoms with Gasteiger partial charge in [-0.2, -0.15) is 0 Å². The normalized spacial score (nSPS) is 17.2. The molecule has 0 spiro atoms. The van der Waals surface area contributed by atoms with Gasteiger partial charge in [0.25, 0.3) is 23.6 Å². The summed E-state index contributed by atoms with van der Waals surface area (Å²) in [4.78, 5) is 78.2. The molecule has 0 bridgehead atoms. The fourth-order valence-corrected chi connectivity index (χ4v) is 5.11. The molecule has 1 fully saturated rings. The van der Waals surface area contributed by atoms with E-state index < -0.39 is 41.6 Å². The average molecular weight is 584 g/mol. The highest BCUT2D eigenvalue weighted by Crippen LogP contribution is 2.47. The van der Waals surface area contributed by atoms with Crippen molar-refractivity contribution in [1.29, 1.82) is 0 Å². The van der Waals surface area contributed by atoms with Gasteiger partial charge in [-0.25, -0.2) is 10.1 Å². The number of amides is 5. The second-order valence-electron chi connectivity index (χ2n) is 9.02. The topological polar surface area (TPSA) is 178 Å². The van der Waals surface area contributed by atoms with Crippen molar-refractivity contribution in [2.75, 3.05) is 18.5 Å². The number of ether oxygens (including phenoxy) is 1. The second kappa shape index (κ2) is 11.9. The molecule has 14 nitrogen and oxygen atoms in total. The highest BCUT2D eigenvalue weighted by atomic mass is 32.2. The van der Waals surface area contributed by atoms with Crippen LogP contribution >= 0.6 is 12.0 Å². The molecule has 15 heteroatoms. The summed E-state index contributed by atoms with van der Waals surface area (Å²) in [5.41, 5.74) is 3.42. The predicted molar refractivity (Wildman–Crippen MR) is 137 cm³/mol. The molecule has 1 saturated heterocycles. The van der Waals surface area contributed by atoms with Gasteiger partial charge in [0, 0.05) is 54.5 Å².